The predicted octanol–water partition coefficient (Wildman–Crippen LogP) is 4.51. The van der Waals surface area contributed by atoms with Gasteiger partial charge in [-0.3, -0.25) is 9.59 Å². The Labute approximate surface area is 186 Å². The fourth-order valence-electron chi connectivity index (χ4n) is 3.09. The van der Waals surface area contributed by atoms with Gasteiger partial charge >= 0.3 is 0 Å². The van der Waals surface area contributed by atoms with Crippen molar-refractivity contribution < 1.29 is 9.53 Å². The normalized spacial score (nSPS) is 13.3. The maximum atomic E-state index is 12.4. The van der Waals surface area contributed by atoms with Crippen molar-refractivity contribution in [3.05, 3.63) is 86.2 Å². The molecule has 5 rings (SSSR count). The number of halogens is 1. The number of aromatic nitrogens is 3. The zero-order valence-corrected chi connectivity index (χ0v) is 17.8. The number of benzene rings is 2. The van der Waals surface area contributed by atoms with E-state index in [4.69, 9.17) is 16.3 Å². The monoisotopic (exact) mass is 452 g/mol. The van der Waals surface area contributed by atoms with E-state index in [2.05, 4.69) is 15.4 Å². The molecule has 2 heterocycles. The van der Waals surface area contributed by atoms with Crippen molar-refractivity contribution in [3.8, 4) is 5.75 Å². The number of carbonyl (C=O) groups excluding carboxylic acids is 1. The first-order valence-electron chi connectivity index (χ1n) is 9.75. The molecule has 1 amide bonds. The van der Waals surface area contributed by atoms with E-state index in [1.54, 1.807) is 48.5 Å². The first-order chi connectivity index (χ1) is 15.0. The molecule has 9 heteroatoms. The summed E-state index contributed by atoms with van der Waals surface area (Å²) in [6, 6.07) is 15.2. The summed E-state index contributed by atoms with van der Waals surface area (Å²) in [6.45, 7) is 0.133. The molecule has 1 aliphatic rings. The van der Waals surface area contributed by atoms with Gasteiger partial charge in [0.15, 0.2) is 0 Å². The van der Waals surface area contributed by atoms with Crippen LogP contribution in [0.25, 0.3) is 4.96 Å². The average Bonchev–Trinajstić information content (AvgIpc) is 3.52. The molecular formula is C22H17ClN4O3S. The molecule has 0 bridgehead atoms. The predicted molar refractivity (Wildman–Crippen MR) is 119 cm³/mol. The summed E-state index contributed by atoms with van der Waals surface area (Å²) >= 11 is 7.41. The van der Waals surface area contributed by atoms with Gasteiger partial charge in [0.2, 0.25) is 4.96 Å². The third-order valence-corrected chi connectivity index (χ3v) is 6.11. The second-order valence-electron chi connectivity index (χ2n) is 7.28. The number of fused-ring (bicyclic) bond motifs is 1. The Kier molecular flexibility index (Phi) is 5.17. The Balaban J connectivity index is 1.28. The van der Waals surface area contributed by atoms with Crippen LogP contribution in [0.5, 0.6) is 5.75 Å². The molecule has 1 saturated carbocycles. The van der Waals surface area contributed by atoms with Crippen molar-refractivity contribution in [2.24, 2.45) is 0 Å². The van der Waals surface area contributed by atoms with Gasteiger partial charge in [-0.15, -0.1) is 0 Å². The van der Waals surface area contributed by atoms with Crippen LogP contribution in [0, 0.1) is 0 Å². The highest BCUT2D eigenvalue weighted by Gasteiger charge is 2.28. The highest BCUT2D eigenvalue weighted by atomic mass is 35.5. The minimum absolute atomic E-state index is 0.133. The summed E-state index contributed by atoms with van der Waals surface area (Å²) in [5, 5.41) is 8.66. The number of carbonyl (C=O) groups is 1. The lowest BCUT2D eigenvalue weighted by atomic mass is 10.2. The van der Waals surface area contributed by atoms with Crippen molar-refractivity contribution in [2.75, 3.05) is 5.32 Å². The lowest BCUT2D eigenvalue weighted by Crippen LogP contribution is -2.16. The quantitative estimate of drug-likeness (QED) is 0.465. The van der Waals surface area contributed by atoms with Crippen LogP contribution in [0.2, 0.25) is 5.02 Å². The zero-order valence-electron chi connectivity index (χ0n) is 16.2. The molecule has 2 aromatic carbocycles. The molecule has 0 aliphatic heterocycles. The van der Waals surface area contributed by atoms with E-state index in [9.17, 15) is 9.59 Å². The number of ether oxygens (including phenoxy) is 1. The molecule has 0 spiro atoms. The second kappa shape index (κ2) is 8.13. The van der Waals surface area contributed by atoms with Gasteiger partial charge in [0.05, 0.1) is 5.69 Å². The summed E-state index contributed by atoms with van der Waals surface area (Å²) in [7, 11) is 0. The van der Waals surface area contributed by atoms with Crippen LogP contribution in [-0.4, -0.2) is 20.5 Å². The lowest BCUT2D eigenvalue weighted by Gasteiger charge is -2.09. The van der Waals surface area contributed by atoms with Crippen molar-refractivity contribution in [1.29, 1.82) is 0 Å². The Morgan fingerprint density at radius 2 is 2.03 bits per heavy atom. The minimum Gasteiger partial charge on any atom is -0.487 e. The topological polar surface area (TPSA) is 85.6 Å². The molecule has 1 aliphatic carbocycles. The smallest absolute Gasteiger partial charge is 0.275 e. The van der Waals surface area contributed by atoms with Gasteiger partial charge in [-0.1, -0.05) is 35.1 Å². The third kappa shape index (κ3) is 4.45. The van der Waals surface area contributed by atoms with Crippen LogP contribution < -0.4 is 15.6 Å². The molecule has 31 heavy (non-hydrogen) atoms. The Hall–Kier alpha value is -3.23. The fourth-order valence-corrected chi connectivity index (χ4v) is 4.38. The van der Waals surface area contributed by atoms with E-state index in [0.29, 0.717) is 38.6 Å². The molecular weight excluding hydrogens is 436 g/mol. The van der Waals surface area contributed by atoms with Crippen molar-refractivity contribution in [1.82, 2.24) is 14.6 Å². The van der Waals surface area contributed by atoms with Crippen molar-refractivity contribution >= 4 is 39.5 Å². The van der Waals surface area contributed by atoms with Gasteiger partial charge in [0.1, 0.15) is 17.4 Å². The largest absolute Gasteiger partial charge is 0.487 e. The van der Waals surface area contributed by atoms with E-state index in [-0.39, 0.29) is 18.1 Å². The van der Waals surface area contributed by atoms with Crippen LogP contribution in [-0.2, 0) is 6.61 Å². The highest BCUT2D eigenvalue weighted by Crippen LogP contribution is 2.41. The standard InChI is InChI=1S/C22H17ClN4O3S/c23-15-4-1-3-14(9-15)20(29)24-16-5-2-6-18(10-16)30-12-17-11-19(28)27-22(25-17)31-21(26-27)13-7-8-13/h1-6,9-11,13H,7-8,12H2,(H,24,29). The number of rotatable bonds is 6. The van der Waals surface area contributed by atoms with E-state index < -0.39 is 0 Å². The summed E-state index contributed by atoms with van der Waals surface area (Å²) in [4.78, 5) is 29.9. The van der Waals surface area contributed by atoms with Gasteiger partial charge in [-0.05, 0) is 43.2 Å². The van der Waals surface area contributed by atoms with Gasteiger partial charge < -0.3 is 10.1 Å². The number of nitrogens with zero attached hydrogens (tertiary/aromatic N) is 3. The second-order valence-corrected chi connectivity index (χ2v) is 8.70. The molecule has 1 N–H and O–H groups in total. The summed E-state index contributed by atoms with van der Waals surface area (Å²) in [5.74, 6) is 0.751. The Bertz CT molecular complexity index is 1350. The maximum Gasteiger partial charge on any atom is 0.275 e. The molecule has 0 saturated heterocycles. The van der Waals surface area contributed by atoms with Crippen molar-refractivity contribution in [2.45, 2.75) is 25.4 Å². The molecule has 4 aromatic rings. The van der Waals surface area contributed by atoms with Gasteiger partial charge in [-0.25, -0.2) is 4.98 Å². The minimum atomic E-state index is -0.267. The van der Waals surface area contributed by atoms with E-state index >= 15 is 0 Å². The summed E-state index contributed by atoms with van der Waals surface area (Å²) in [6.07, 6.45) is 2.24. The third-order valence-electron chi connectivity index (χ3n) is 4.81. The van der Waals surface area contributed by atoms with Gasteiger partial charge in [0, 0.05) is 34.3 Å². The van der Waals surface area contributed by atoms with Crippen LogP contribution in [0.3, 0.4) is 0 Å². The average molecular weight is 453 g/mol. The molecule has 0 atom stereocenters. The molecule has 1 fully saturated rings. The molecule has 0 unspecified atom stereocenters. The first-order valence-corrected chi connectivity index (χ1v) is 10.9. The highest BCUT2D eigenvalue weighted by molar-refractivity contribution is 7.16. The van der Waals surface area contributed by atoms with Crippen LogP contribution in [0.4, 0.5) is 5.69 Å². The number of nitrogens with one attached hydrogen (secondary N) is 1. The maximum absolute atomic E-state index is 12.4. The molecule has 0 radical (unpaired) electrons. The van der Waals surface area contributed by atoms with Crippen LogP contribution in [0.15, 0.2) is 59.4 Å². The van der Waals surface area contributed by atoms with E-state index in [1.807, 2.05) is 0 Å². The molecule has 7 nitrogen and oxygen atoms in total. The number of hydrogen-bond acceptors (Lipinski definition) is 6. The van der Waals surface area contributed by atoms with Crippen LogP contribution in [0.1, 0.15) is 39.8 Å². The number of amides is 1. The zero-order chi connectivity index (χ0) is 21.4. The van der Waals surface area contributed by atoms with Gasteiger partial charge in [0.25, 0.3) is 11.5 Å². The summed E-state index contributed by atoms with van der Waals surface area (Å²) in [5.41, 5.74) is 1.37. The van der Waals surface area contributed by atoms with E-state index in [1.165, 1.54) is 21.9 Å². The SMILES string of the molecule is O=C(Nc1cccc(OCc2cc(=O)n3nc(C4CC4)sc3n2)c1)c1cccc(Cl)c1. The number of anilines is 1. The Morgan fingerprint density at radius 3 is 2.84 bits per heavy atom. The van der Waals surface area contributed by atoms with E-state index in [0.717, 1.165) is 17.8 Å². The van der Waals surface area contributed by atoms with Crippen LogP contribution >= 0.6 is 22.9 Å². The lowest BCUT2D eigenvalue weighted by molar-refractivity contribution is 0.102. The first kappa shape index (κ1) is 19.7. The van der Waals surface area contributed by atoms with Crippen molar-refractivity contribution in [3.63, 3.8) is 0 Å². The summed E-state index contributed by atoms with van der Waals surface area (Å²) < 4.78 is 7.17. The molecule has 2 aromatic heterocycles. The Morgan fingerprint density at radius 1 is 1.19 bits per heavy atom. The molecule has 156 valence electrons. The van der Waals surface area contributed by atoms with Gasteiger partial charge in [-0.2, -0.15) is 9.61 Å². The fraction of sp³-hybridized carbons (Fsp3) is 0.182. The number of hydrogen-bond donors (Lipinski definition) is 1.